The van der Waals surface area contributed by atoms with Crippen LogP contribution < -0.4 is 15.5 Å². The predicted octanol–water partition coefficient (Wildman–Crippen LogP) is 10.6. The maximum Gasteiger partial charge on any atom is 0.0739 e. The average Bonchev–Trinajstić information content (AvgIpc) is 3.46. The summed E-state index contributed by atoms with van der Waals surface area (Å²) < 4.78 is 0. The zero-order valence-electron chi connectivity index (χ0n) is 27.8. The molecule has 1 aromatic heterocycles. The van der Waals surface area contributed by atoms with Gasteiger partial charge in [0.2, 0.25) is 0 Å². The highest BCUT2D eigenvalue weighted by Crippen LogP contribution is 2.63. The van der Waals surface area contributed by atoms with Crippen LogP contribution in [0.15, 0.2) is 133 Å². The van der Waals surface area contributed by atoms with E-state index in [1.54, 1.807) is 0 Å². The van der Waals surface area contributed by atoms with E-state index in [1.807, 2.05) is 46.0 Å². The van der Waals surface area contributed by atoms with Crippen molar-refractivity contribution in [3.05, 3.63) is 144 Å². The van der Waals surface area contributed by atoms with Crippen LogP contribution >= 0.6 is 0 Å². The third kappa shape index (κ3) is 4.92. The lowest BCUT2D eigenvalue weighted by Gasteiger charge is -2.61. The largest absolute Gasteiger partial charge is 0.353 e. The number of nitrogens with zero attached hydrogens (tertiary/aromatic N) is 3. The number of hydrogen-bond donors (Lipinski definition) is 1. The molecule has 46 heavy (non-hydrogen) atoms. The lowest BCUT2D eigenvalue weighted by Crippen LogP contribution is -2.65. The fourth-order valence-electron chi connectivity index (χ4n) is 7.68. The number of pyridine rings is 1. The van der Waals surface area contributed by atoms with Crippen molar-refractivity contribution >= 4 is 17.1 Å². The van der Waals surface area contributed by atoms with Gasteiger partial charge in [-0.25, -0.2) is 0 Å². The van der Waals surface area contributed by atoms with Crippen molar-refractivity contribution in [2.75, 3.05) is 16.3 Å². The first-order chi connectivity index (χ1) is 22.7. The quantitative estimate of drug-likeness (QED) is 0.230. The standard InChI is InChI=1S/C38H34N4.2C2H6/c1-2-3-9-21-38(25-39)24-35-36-29(28-14-4-7-18-33(28)42(35)38)19-20-34-37(36)30-15-5-6-17-32(30)41(34)27-13-11-12-26(23-27)31-16-8-10-22-40-31;2*1-2/h2-14,16-23,30,35H,15,24-25,39H2,1H3;2*1-2H3/b3-2-,21-9-;;. The van der Waals surface area contributed by atoms with Crippen molar-refractivity contribution in [3.63, 3.8) is 0 Å². The Kier molecular flexibility index (Phi) is 9.10. The minimum atomic E-state index is -0.193. The molecule has 1 saturated heterocycles. The number of para-hydroxylation sites is 1. The second-order valence-electron chi connectivity index (χ2n) is 11.7. The Morgan fingerprint density at radius 1 is 0.870 bits per heavy atom. The molecule has 0 radical (unpaired) electrons. The van der Waals surface area contributed by atoms with Crippen LogP contribution in [0.25, 0.3) is 22.4 Å². The van der Waals surface area contributed by atoms with Crippen LogP contribution in [0.3, 0.4) is 0 Å². The lowest BCUT2D eigenvalue weighted by molar-refractivity contribution is 0.264. The summed E-state index contributed by atoms with van der Waals surface area (Å²) in [5.74, 6) is 0.317. The van der Waals surface area contributed by atoms with E-state index in [0.717, 1.165) is 24.1 Å². The molecule has 1 fully saturated rings. The average molecular weight is 607 g/mol. The lowest BCUT2D eigenvalue weighted by atomic mass is 9.67. The van der Waals surface area contributed by atoms with E-state index in [4.69, 9.17) is 5.73 Å². The Labute approximate surface area is 275 Å². The van der Waals surface area contributed by atoms with E-state index in [9.17, 15) is 0 Å². The monoisotopic (exact) mass is 606 g/mol. The van der Waals surface area contributed by atoms with Crippen molar-refractivity contribution in [3.8, 4) is 22.4 Å². The van der Waals surface area contributed by atoms with Crippen LogP contribution in [-0.4, -0.2) is 17.1 Å². The number of allylic oxidation sites excluding steroid dienone is 7. The Morgan fingerprint density at radius 3 is 2.48 bits per heavy atom. The van der Waals surface area contributed by atoms with Crippen molar-refractivity contribution in [2.24, 2.45) is 5.73 Å². The van der Waals surface area contributed by atoms with Crippen molar-refractivity contribution in [1.82, 2.24) is 4.98 Å². The van der Waals surface area contributed by atoms with Crippen molar-refractivity contribution in [2.45, 2.75) is 65.0 Å². The van der Waals surface area contributed by atoms with Crippen molar-refractivity contribution in [1.29, 1.82) is 0 Å². The molecule has 0 bridgehead atoms. The number of aromatic nitrogens is 1. The van der Waals surface area contributed by atoms with Gasteiger partial charge >= 0.3 is 0 Å². The molecule has 4 aromatic rings. The van der Waals surface area contributed by atoms with Gasteiger partial charge in [-0.05, 0) is 72.5 Å². The molecule has 4 heterocycles. The molecule has 234 valence electrons. The van der Waals surface area contributed by atoms with E-state index in [0.29, 0.717) is 12.5 Å². The molecule has 2 N–H and O–H groups in total. The SMILES string of the molecule is C/C=C\C=C/C1(CN)CC2c3c(ccc4c3C3CC=CC=C3N4c3cccc(-c4ccccn4)c3)-c3ccccc3N21.CC.CC. The highest BCUT2D eigenvalue weighted by molar-refractivity contribution is 5.93. The van der Waals surface area contributed by atoms with E-state index in [-0.39, 0.29) is 11.6 Å². The Bertz CT molecular complexity index is 1810. The molecular formula is C42H46N4. The number of hydrogen-bond acceptors (Lipinski definition) is 4. The van der Waals surface area contributed by atoms with Crippen LogP contribution in [0.5, 0.6) is 0 Å². The minimum absolute atomic E-state index is 0.193. The van der Waals surface area contributed by atoms with E-state index >= 15 is 0 Å². The molecule has 3 aromatic carbocycles. The molecule has 8 rings (SSSR count). The van der Waals surface area contributed by atoms with Crippen LogP contribution in [0.2, 0.25) is 0 Å². The topological polar surface area (TPSA) is 45.4 Å². The highest BCUT2D eigenvalue weighted by atomic mass is 15.3. The van der Waals surface area contributed by atoms with Gasteiger partial charge in [0.25, 0.3) is 0 Å². The molecule has 3 atom stereocenters. The first-order valence-electron chi connectivity index (χ1n) is 17.0. The third-order valence-corrected chi connectivity index (χ3v) is 9.50. The van der Waals surface area contributed by atoms with Crippen LogP contribution in [0.1, 0.15) is 70.5 Å². The summed E-state index contributed by atoms with van der Waals surface area (Å²) in [7, 11) is 0. The molecule has 4 nitrogen and oxygen atoms in total. The summed E-state index contributed by atoms with van der Waals surface area (Å²) in [5.41, 5.74) is 19.2. The molecular weight excluding hydrogens is 560 g/mol. The third-order valence-electron chi connectivity index (χ3n) is 9.50. The molecule has 4 heteroatoms. The summed E-state index contributed by atoms with van der Waals surface area (Å²) in [5, 5.41) is 0. The summed E-state index contributed by atoms with van der Waals surface area (Å²) in [6.45, 7) is 10.6. The van der Waals surface area contributed by atoms with Crippen LogP contribution in [-0.2, 0) is 0 Å². The summed E-state index contributed by atoms with van der Waals surface area (Å²) in [6, 6.07) is 28.8. The summed E-state index contributed by atoms with van der Waals surface area (Å²) in [4.78, 5) is 9.72. The van der Waals surface area contributed by atoms with Gasteiger partial charge in [-0.3, -0.25) is 4.98 Å². The maximum atomic E-state index is 6.57. The number of benzene rings is 3. The first-order valence-corrected chi connectivity index (χ1v) is 17.0. The molecule has 0 amide bonds. The molecule has 4 aliphatic rings. The zero-order chi connectivity index (χ0) is 32.3. The van der Waals surface area contributed by atoms with Gasteiger partial charge in [0, 0.05) is 53.3 Å². The van der Waals surface area contributed by atoms with Gasteiger partial charge in [-0.1, -0.05) is 107 Å². The smallest absolute Gasteiger partial charge is 0.0739 e. The van der Waals surface area contributed by atoms with Gasteiger partial charge in [0.15, 0.2) is 0 Å². The molecule has 0 spiro atoms. The van der Waals surface area contributed by atoms with Crippen LogP contribution in [0, 0.1) is 0 Å². The van der Waals surface area contributed by atoms with Gasteiger partial charge in [-0.15, -0.1) is 0 Å². The number of fused-ring (bicyclic) bond motifs is 10. The highest BCUT2D eigenvalue weighted by Gasteiger charge is 2.55. The summed E-state index contributed by atoms with van der Waals surface area (Å²) >= 11 is 0. The Morgan fingerprint density at radius 2 is 1.70 bits per heavy atom. The van der Waals surface area contributed by atoms with Crippen molar-refractivity contribution < 1.29 is 0 Å². The summed E-state index contributed by atoms with van der Waals surface area (Å²) in [6.07, 6.45) is 19.4. The van der Waals surface area contributed by atoms with Gasteiger partial charge in [-0.2, -0.15) is 0 Å². The fourth-order valence-corrected chi connectivity index (χ4v) is 7.68. The molecule has 3 unspecified atom stereocenters. The normalized spacial score (nSPS) is 21.5. The van der Waals surface area contributed by atoms with E-state index in [1.165, 1.54) is 45.0 Å². The zero-order valence-corrected chi connectivity index (χ0v) is 27.8. The number of rotatable bonds is 5. The fraction of sp³-hybridized carbons (Fsp3) is 0.262. The predicted molar refractivity (Wildman–Crippen MR) is 197 cm³/mol. The second kappa shape index (κ2) is 13.4. The van der Waals surface area contributed by atoms with Gasteiger partial charge in [0.1, 0.15) is 0 Å². The number of anilines is 3. The van der Waals surface area contributed by atoms with E-state index < -0.39 is 0 Å². The Hall–Kier alpha value is -4.67. The second-order valence-corrected chi connectivity index (χ2v) is 11.7. The molecule has 1 aliphatic carbocycles. The van der Waals surface area contributed by atoms with Gasteiger partial charge in [0.05, 0.1) is 23.0 Å². The first kappa shape index (κ1) is 31.3. The minimum Gasteiger partial charge on any atom is -0.353 e. The Balaban J connectivity index is 0.000000896. The van der Waals surface area contributed by atoms with Gasteiger partial charge < -0.3 is 15.5 Å². The van der Waals surface area contributed by atoms with E-state index in [2.05, 4.69) is 131 Å². The number of nitrogens with two attached hydrogens (primary N) is 1. The van der Waals surface area contributed by atoms with Crippen LogP contribution in [0.4, 0.5) is 17.1 Å². The maximum absolute atomic E-state index is 6.57. The molecule has 0 saturated carbocycles. The molecule has 3 aliphatic heterocycles.